The number of rotatable bonds is 11. The van der Waals surface area contributed by atoms with E-state index in [1.807, 2.05) is 11.8 Å². The number of nitrogens with zero attached hydrogens (tertiary/aromatic N) is 1. The number of nitrogens with one attached hydrogen (secondary N) is 2. The molecule has 5 nitrogen and oxygen atoms in total. The Morgan fingerprint density at radius 2 is 1.88 bits per heavy atom. The Hall–Kier alpha value is 0.270. The lowest BCUT2D eigenvalue weighted by atomic mass is 9.99. The predicted molar refractivity (Wildman–Crippen MR) is 125 cm³/mol. The third-order valence-electron chi connectivity index (χ3n) is 4.57. The number of guanidine groups is 1. The minimum atomic E-state index is 0. The molecule has 1 rings (SSSR count). The second-order valence-electron chi connectivity index (χ2n) is 6.88. The summed E-state index contributed by atoms with van der Waals surface area (Å²) in [5.41, 5.74) is 0. The third-order valence-corrected chi connectivity index (χ3v) is 6.01. The molecule has 0 aromatic rings. The van der Waals surface area contributed by atoms with Crippen LogP contribution in [-0.2, 0) is 9.47 Å². The fourth-order valence-electron chi connectivity index (χ4n) is 3.12. The fourth-order valence-corrected chi connectivity index (χ4v) is 4.34. The van der Waals surface area contributed by atoms with Crippen LogP contribution in [0.5, 0.6) is 0 Å². The van der Waals surface area contributed by atoms with E-state index in [9.17, 15) is 0 Å². The van der Waals surface area contributed by atoms with Crippen molar-refractivity contribution in [3.8, 4) is 0 Å². The SMILES string of the molecule is CCNC(=NCC1(SCC)CCOCC1)NCCC(OCC)C(C)C.I. The van der Waals surface area contributed by atoms with Gasteiger partial charge in [0.05, 0.1) is 12.6 Å². The van der Waals surface area contributed by atoms with E-state index in [1.54, 1.807) is 0 Å². The molecule has 1 fully saturated rings. The highest BCUT2D eigenvalue weighted by molar-refractivity contribution is 14.0. The van der Waals surface area contributed by atoms with Gasteiger partial charge in [0.25, 0.3) is 0 Å². The molecule has 0 radical (unpaired) electrons. The average Bonchev–Trinajstić information content (AvgIpc) is 2.60. The second-order valence-corrected chi connectivity index (χ2v) is 8.61. The molecule has 1 atom stereocenters. The number of hydrogen-bond donors (Lipinski definition) is 2. The van der Waals surface area contributed by atoms with Gasteiger partial charge in [-0.1, -0.05) is 20.8 Å². The maximum absolute atomic E-state index is 5.83. The number of thioether (sulfide) groups is 1. The minimum Gasteiger partial charge on any atom is -0.381 e. The molecule has 156 valence electrons. The molecular formula is C19H40IN3O2S. The van der Waals surface area contributed by atoms with Gasteiger partial charge in [0.1, 0.15) is 0 Å². The van der Waals surface area contributed by atoms with E-state index in [0.29, 0.717) is 12.0 Å². The molecule has 0 saturated carbocycles. The smallest absolute Gasteiger partial charge is 0.191 e. The van der Waals surface area contributed by atoms with Gasteiger partial charge in [-0.15, -0.1) is 24.0 Å². The summed E-state index contributed by atoms with van der Waals surface area (Å²) in [4.78, 5) is 4.89. The van der Waals surface area contributed by atoms with Gasteiger partial charge in [-0.2, -0.15) is 11.8 Å². The number of hydrogen-bond acceptors (Lipinski definition) is 4. The minimum absolute atomic E-state index is 0. The summed E-state index contributed by atoms with van der Waals surface area (Å²) in [5.74, 6) is 2.58. The lowest BCUT2D eigenvalue weighted by Gasteiger charge is -2.35. The molecule has 0 aromatic heterocycles. The van der Waals surface area contributed by atoms with E-state index in [-0.39, 0.29) is 28.7 Å². The largest absolute Gasteiger partial charge is 0.381 e. The first-order valence-corrected chi connectivity index (χ1v) is 10.9. The summed E-state index contributed by atoms with van der Waals surface area (Å²) in [6, 6.07) is 0. The van der Waals surface area contributed by atoms with Gasteiger partial charge >= 0.3 is 0 Å². The van der Waals surface area contributed by atoms with Crippen LogP contribution in [0.2, 0.25) is 0 Å². The first kappa shape index (κ1) is 26.3. The molecule has 1 saturated heterocycles. The van der Waals surface area contributed by atoms with Crippen molar-refractivity contribution in [3.05, 3.63) is 0 Å². The zero-order valence-corrected chi connectivity index (χ0v) is 20.5. The molecule has 0 aromatic carbocycles. The van der Waals surface area contributed by atoms with Gasteiger partial charge in [-0.25, -0.2) is 0 Å². The Kier molecular flexibility index (Phi) is 15.4. The Morgan fingerprint density at radius 1 is 1.19 bits per heavy atom. The van der Waals surface area contributed by atoms with E-state index >= 15 is 0 Å². The van der Waals surface area contributed by atoms with Gasteiger partial charge in [0.2, 0.25) is 0 Å². The van der Waals surface area contributed by atoms with Gasteiger partial charge in [-0.05, 0) is 44.8 Å². The molecule has 0 amide bonds. The van der Waals surface area contributed by atoms with Crippen molar-refractivity contribution >= 4 is 41.7 Å². The molecular weight excluding hydrogens is 461 g/mol. The summed E-state index contributed by atoms with van der Waals surface area (Å²) in [6.07, 6.45) is 3.49. The lowest BCUT2D eigenvalue weighted by Crippen LogP contribution is -2.42. The fraction of sp³-hybridized carbons (Fsp3) is 0.947. The quantitative estimate of drug-likeness (QED) is 0.256. The van der Waals surface area contributed by atoms with Crippen molar-refractivity contribution in [3.63, 3.8) is 0 Å². The normalized spacial score (nSPS) is 18.3. The second kappa shape index (κ2) is 15.2. The van der Waals surface area contributed by atoms with Crippen molar-refractivity contribution in [1.82, 2.24) is 10.6 Å². The molecule has 0 aliphatic carbocycles. The number of ether oxygens (including phenoxy) is 2. The van der Waals surface area contributed by atoms with Crippen molar-refractivity contribution in [2.75, 3.05) is 45.2 Å². The van der Waals surface area contributed by atoms with Crippen LogP contribution in [0.25, 0.3) is 0 Å². The summed E-state index contributed by atoms with van der Waals surface area (Å²) >= 11 is 2.04. The van der Waals surface area contributed by atoms with Crippen LogP contribution < -0.4 is 10.6 Å². The summed E-state index contributed by atoms with van der Waals surface area (Å²) < 4.78 is 11.6. The highest BCUT2D eigenvalue weighted by Crippen LogP contribution is 2.35. The standard InChI is InChI=1S/C19H39N3O2S.HI/c1-6-20-18(21-12-9-17(16(4)5)24-7-2)22-15-19(25-8-3)10-13-23-14-11-19;/h16-17H,6-15H2,1-5H3,(H2,20,21,22);1H. The van der Waals surface area contributed by atoms with E-state index < -0.39 is 0 Å². The van der Waals surface area contributed by atoms with E-state index in [0.717, 1.165) is 70.4 Å². The van der Waals surface area contributed by atoms with Gasteiger partial charge in [0.15, 0.2) is 5.96 Å². The van der Waals surface area contributed by atoms with Crippen molar-refractivity contribution in [1.29, 1.82) is 0 Å². The topological polar surface area (TPSA) is 54.9 Å². The Labute approximate surface area is 182 Å². The maximum atomic E-state index is 5.83. The summed E-state index contributed by atoms with van der Waals surface area (Å²) in [7, 11) is 0. The summed E-state index contributed by atoms with van der Waals surface area (Å²) in [6.45, 7) is 15.9. The van der Waals surface area contributed by atoms with Crippen LogP contribution in [0.3, 0.4) is 0 Å². The average molecular weight is 502 g/mol. The highest BCUT2D eigenvalue weighted by Gasteiger charge is 2.32. The van der Waals surface area contributed by atoms with Crippen LogP contribution >= 0.6 is 35.7 Å². The van der Waals surface area contributed by atoms with Crippen molar-refractivity contribution in [2.45, 2.75) is 64.7 Å². The third kappa shape index (κ3) is 9.99. The molecule has 1 aliphatic heterocycles. The highest BCUT2D eigenvalue weighted by atomic mass is 127. The zero-order valence-electron chi connectivity index (χ0n) is 17.3. The molecule has 7 heteroatoms. The molecule has 1 unspecified atom stereocenters. The van der Waals surface area contributed by atoms with Gasteiger partial charge < -0.3 is 20.1 Å². The first-order valence-electron chi connectivity index (χ1n) is 9.92. The van der Waals surface area contributed by atoms with E-state index in [4.69, 9.17) is 14.5 Å². The molecule has 0 bridgehead atoms. The number of aliphatic imine (C=N–C) groups is 1. The van der Waals surface area contributed by atoms with Crippen LogP contribution in [-0.4, -0.2) is 62.0 Å². The van der Waals surface area contributed by atoms with E-state index in [2.05, 4.69) is 45.3 Å². The van der Waals surface area contributed by atoms with Crippen LogP contribution in [0.4, 0.5) is 0 Å². The van der Waals surface area contributed by atoms with Crippen LogP contribution in [0, 0.1) is 5.92 Å². The van der Waals surface area contributed by atoms with Crippen LogP contribution in [0.15, 0.2) is 4.99 Å². The zero-order chi connectivity index (χ0) is 18.5. The Morgan fingerprint density at radius 3 is 2.42 bits per heavy atom. The monoisotopic (exact) mass is 501 g/mol. The predicted octanol–water partition coefficient (Wildman–Crippen LogP) is 3.91. The van der Waals surface area contributed by atoms with Crippen molar-refractivity contribution < 1.29 is 9.47 Å². The molecule has 2 N–H and O–H groups in total. The van der Waals surface area contributed by atoms with Crippen LogP contribution in [0.1, 0.15) is 53.9 Å². The Balaban J connectivity index is 0.00000625. The molecule has 26 heavy (non-hydrogen) atoms. The lowest BCUT2D eigenvalue weighted by molar-refractivity contribution is 0.0258. The Bertz CT molecular complexity index is 372. The maximum Gasteiger partial charge on any atom is 0.191 e. The molecule has 1 aliphatic rings. The molecule has 0 spiro atoms. The van der Waals surface area contributed by atoms with E-state index in [1.165, 1.54) is 0 Å². The first-order chi connectivity index (χ1) is 12.1. The number of halogens is 1. The van der Waals surface area contributed by atoms with Gasteiger partial charge in [-0.3, -0.25) is 4.99 Å². The van der Waals surface area contributed by atoms with Gasteiger partial charge in [0, 0.05) is 37.7 Å². The van der Waals surface area contributed by atoms with Crippen molar-refractivity contribution in [2.24, 2.45) is 10.9 Å². The molecule has 1 heterocycles. The summed E-state index contributed by atoms with van der Waals surface area (Å²) in [5, 5.41) is 6.86.